The number of aromatic carboxylic acids is 1. The monoisotopic (exact) mass is 510 g/mol. The van der Waals surface area contributed by atoms with Gasteiger partial charge in [-0.3, -0.25) is 0 Å². The fourth-order valence-electron chi connectivity index (χ4n) is 4.08. The molecule has 0 spiro atoms. The predicted molar refractivity (Wildman–Crippen MR) is 144 cm³/mol. The van der Waals surface area contributed by atoms with Crippen LogP contribution in [0.25, 0.3) is 0 Å². The van der Waals surface area contributed by atoms with E-state index in [1.54, 1.807) is 0 Å². The van der Waals surface area contributed by atoms with E-state index in [-0.39, 0.29) is 28.6 Å². The van der Waals surface area contributed by atoms with Crippen molar-refractivity contribution >= 4 is 5.97 Å². The van der Waals surface area contributed by atoms with Crippen LogP contribution in [0.3, 0.4) is 0 Å². The number of carboxylic acid groups (broad SMARTS) is 1. The van der Waals surface area contributed by atoms with Crippen LogP contribution in [0.2, 0.25) is 0 Å². The molecule has 1 rings (SSSR count). The highest BCUT2D eigenvalue weighted by molar-refractivity contribution is 5.97. The van der Waals surface area contributed by atoms with Gasteiger partial charge in [0, 0.05) is 0 Å². The first-order chi connectivity index (χ1) is 17.5. The molecule has 0 saturated heterocycles. The number of carboxylic acids is 1. The maximum absolute atomic E-state index is 12.2. The molecule has 0 atom stereocenters. The normalized spacial score (nSPS) is 10.9. The molecule has 0 bridgehead atoms. The summed E-state index contributed by atoms with van der Waals surface area (Å²) in [6.07, 6.45) is 15.9. The first-order valence-corrected chi connectivity index (χ1v) is 14.1. The third kappa shape index (κ3) is 11.2. The van der Waals surface area contributed by atoms with Gasteiger partial charge in [0.2, 0.25) is 17.2 Å². The first kappa shape index (κ1) is 31.7. The SMILES string of the molecule is CCCCCCCOc1c(OC)c(O)c(C(=O)O)c(OCCCCCCC)c1OCCCCCCC. The van der Waals surface area contributed by atoms with Crippen molar-refractivity contribution in [1.82, 2.24) is 0 Å². The van der Waals surface area contributed by atoms with E-state index in [0.717, 1.165) is 83.5 Å². The van der Waals surface area contributed by atoms with E-state index < -0.39 is 11.7 Å². The second kappa shape index (κ2) is 19.8. The zero-order chi connectivity index (χ0) is 26.6. The van der Waals surface area contributed by atoms with Gasteiger partial charge in [-0.05, 0) is 19.3 Å². The van der Waals surface area contributed by atoms with Gasteiger partial charge in [0.1, 0.15) is 0 Å². The molecule has 0 aliphatic rings. The number of phenols is 1. The van der Waals surface area contributed by atoms with Crippen molar-refractivity contribution in [2.45, 2.75) is 117 Å². The number of hydrogen-bond donors (Lipinski definition) is 2. The maximum atomic E-state index is 12.2. The van der Waals surface area contributed by atoms with Crippen molar-refractivity contribution < 1.29 is 34.0 Å². The number of unbranched alkanes of at least 4 members (excludes halogenated alkanes) is 12. The zero-order valence-corrected chi connectivity index (χ0v) is 23.2. The Kier molecular flexibility index (Phi) is 17.5. The summed E-state index contributed by atoms with van der Waals surface area (Å²) < 4.78 is 23.6. The summed E-state index contributed by atoms with van der Waals surface area (Å²) in [5.41, 5.74) is -0.350. The van der Waals surface area contributed by atoms with Crippen LogP contribution in [0, 0.1) is 0 Å². The lowest BCUT2D eigenvalue weighted by molar-refractivity contribution is 0.0686. The van der Waals surface area contributed by atoms with Gasteiger partial charge in [0.05, 0.1) is 26.9 Å². The molecule has 208 valence electrons. The second-order valence-electron chi connectivity index (χ2n) is 9.34. The topological polar surface area (TPSA) is 94.5 Å². The molecule has 0 saturated carbocycles. The van der Waals surface area contributed by atoms with Crippen LogP contribution in [0.1, 0.15) is 127 Å². The molecule has 36 heavy (non-hydrogen) atoms. The van der Waals surface area contributed by atoms with Gasteiger partial charge >= 0.3 is 5.97 Å². The van der Waals surface area contributed by atoms with Crippen molar-refractivity contribution in [3.05, 3.63) is 5.56 Å². The van der Waals surface area contributed by atoms with Gasteiger partial charge in [-0.1, -0.05) is 97.8 Å². The molecular weight excluding hydrogens is 460 g/mol. The summed E-state index contributed by atoms with van der Waals surface area (Å²) in [6.45, 7) is 7.65. The van der Waals surface area contributed by atoms with Crippen LogP contribution in [0.4, 0.5) is 0 Å². The van der Waals surface area contributed by atoms with Gasteiger partial charge in [0.25, 0.3) is 0 Å². The van der Waals surface area contributed by atoms with Gasteiger partial charge in [-0.2, -0.15) is 0 Å². The van der Waals surface area contributed by atoms with Gasteiger partial charge < -0.3 is 29.2 Å². The van der Waals surface area contributed by atoms with Crippen molar-refractivity contribution in [3.63, 3.8) is 0 Å². The highest BCUT2D eigenvalue weighted by Crippen LogP contribution is 2.53. The van der Waals surface area contributed by atoms with Crippen molar-refractivity contribution in [2.24, 2.45) is 0 Å². The van der Waals surface area contributed by atoms with E-state index in [2.05, 4.69) is 20.8 Å². The lowest BCUT2D eigenvalue weighted by atomic mass is 10.1. The predicted octanol–water partition coefficient (Wildman–Crippen LogP) is 8.15. The summed E-state index contributed by atoms with van der Waals surface area (Å²) >= 11 is 0. The lowest BCUT2D eigenvalue weighted by Crippen LogP contribution is -2.12. The van der Waals surface area contributed by atoms with E-state index in [1.165, 1.54) is 20.0 Å². The average molecular weight is 511 g/mol. The number of ether oxygens (including phenoxy) is 4. The minimum absolute atomic E-state index is 0.0193. The van der Waals surface area contributed by atoms with Crippen LogP contribution < -0.4 is 18.9 Å². The summed E-state index contributed by atoms with van der Waals surface area (Å²) in [5, 5.41) is 20.8. The molecule has 0 aromatic heterocycles. The van der Waals surface area contributed by atoms with Gasteiger partial charge in [0.15, 0.2) is 17.1 Å². The van der Waals surface area contributed by atoms with Crippen LogP contribution in [0.15, 0.2) is 0 Å². The summed E-state index contributed by atoms with van der Waals surface area (Å²) in [4.78, 5) is 12.2. The number of aromatic hydroxyl groups is 1. The molecule has 1 aromatic rings. The van der Waals surface area contributed by atoms with Crippen LogP contribution >= 0.6 is 0 Å². The smallest absolute Gasteiger partial charge is 0.343 e. The van der Waals surface area contributed by atoms with Crippen molar-refractivity contribution in [1.29, 1.82) is 0 Å². The minimum Gasteiger partial charge on any atom is -0.503 e. The first-order valence-electron chi connectivity index (χ1n) is 14.1. The largest absolute Gasteiger partial charge is 0.503 e. The third-order valence-electron chi connectivity index (χ3n) is 6.20. The van der Waals surface area contributed by atoms with Crippen LogP contribution in [0.5, 0.6) is 28.7 Å². The van der Waals surface area contributed by atoms with E-state index in [0.29, 0.717) is 19.8 Å². The number of methoxy groups -OCH3 is 1. The molecule has 0 aliphatic carbocycles. The van der Waals surface area contributed by atoms with Crippen molar-refractivity contribution in [2.75, 3.05) is 26.9 Å². The maximum Gasteiger partial charge on any atom is 0.343 e. The summed E-state index contributed by atoms with van der Waals surface area (Å²) in [7, 11) is 1.39. The molecule has 2 N–H and O–H groups in total. The molecule has 0 radical (unpaired) electrons. The Bertz CT molecular complexity index is 733. The molecule has 0 aliphatic heterocycles. The fourth-order valence-corrected chi connectivity index (χ4v) is 4.08. The summed E-state index contributed by atoms with van der Waals surface area (Å²) in [6, 6.07) is 0. The number of rotatable bonds is 23. The fraction of sp³-hybridized carbons (Fsp3) is 0.759. The summed E-state index contributed by atoms with van der Waals surface area (Å²) in [5.74, 6) is -1.39. The molecule has 7 nitrogen and oxygen atoms in total. The molecule has 0 heterocycles. The second-order valence-corrected chi connectivity index (χ2v) is 9.34. The van der Waals surface area contributed by atoms with Gasteiger partial charge in [-0.15, -0.1) is 0 Å². The van der Waals surface area contributed by atoms with E-state index >= 15 is 0 Å². The van der Waals surface area contributed by atoms with E-state index in [1.807, 2.05) is 0 Å². The third-order valence-corrected chi connectivity index (χ3v) is 6.20. The number of carbonyl (C=O) groups is 1. The molecule has 0 fully saturated rings. The Morgan fingerprint density at radius 3 is 1.31 bits per heavy atom. The Hall–Kier alpha value is -2.31. The molecule has 7 heteroatoms. The van der Waals surface area contributed by atoms with Crippen LogP contribution in [-0.4, -0.2) is 43.1 Å². The number of hydrogen-bond acceptors (Lipinski definition) is 6. The Labute approximate surface area is 218 Å². The molecule has 0 unspecified atom stereocenters. The Balaban J connectivity index is 3.19. The zero-order valence-electron chi connectivity index (χ0n) is 23.2. The standard InChI is InChI=1S/C29H50O7/c1-5-8-11-14-17-20-34-25-23(29(31)32)24(30)26(33-4)28(36-22-19-16-13-10-7-3)27(25)35-21-18-15-12-9-6-2/h30H,5-22H2,1-4H3,(H,31,32). The highest BCUT2D eigenvalue weighted by atomic mass is 16.6. The quantitative estimate of drug-likeness (QED) is 0.143. The minimum atomic E-state index is -1.30. The number of benzene rings is 1. The average Bonchev–Trinajstić information content (AvgIpc) is 2.86. The Morgan fingerprint density at radius 2 is 0.944 bits per heavy atom. The van der Waals surface area contributed by atoms with Gasteiger partial charge in [-0.25, -0.2) is 4.79 Å². The lowest BCUT2D eigenvalue weighted by Gasteiger charge is -2.22. The van der Waals surface area contributed by atoms with Crippen molar-refractivity contribution in [3.8, 4) is 28.7 Å². The molecular formula is C29H50O7. The highest BCUT2D eigenvalue weighted by Gasteiger charge is 2.32. The molecule has 0 amide bonds. The van der Waals surface area contributed by atoms with Crippen LogP contribution in [-0.2, 0) is 0 Å². The van der Waals surface area contributed by atoms with E-state index in [4.69, 9.17) is 18.9 Å². The molecule has 1 aromatic carbocycles. The van der Waals surface area contributed by atoms with E-state index in [9.17, 15) is 15.0 Å². The Morgan fingerprint density at radius 1 is 0.583 bits per heavy atom.